The maximum Gasteiger partial charge on any atom is 0.259 e. The Hall–Kier alpha value is -1.99. The van der Waals surface area contributed by atoms with Crippen molar-refractivity contribution in [2.45, 2.75) is 31.7 Å². The molecule has 2 aliphatic rings. The van der Waals surface area contributed by atoms with Gasteiger partial charge in [0, 0.05) is 37.6 Å². The third kappa shape index (κ3) is 2.99. The van der Waals surface area contributed by atoms with E-state index in [4.69, 9.17) is 0 Å². The van der Waals surface area contributed by atoms with Gasteiger partial charge in [0.05, 0.1) is 6.20 Å². The summed E-state index contributed by atoms with van der Waals surface area (Å²) in [6.45, 7) is 6.78. The lowest BCUT2D eigenvalue weighted by atomic mass is 9.85. The number of aromatic nitrogens is 3. The van der Waals surface area contributed by atoms with Crippen LogP contribution in [0.5, 0.6) is 0 Å². The maximum absolute atomic E-state index is 13.3. The summed E-state index contributed by atoms with van der Waals surface area (Å²) in [7, 11) is 4.40. The summed E-state index contributed by atoms with van der Waals surface area (Å²) >= 11 is 0. The Morgan fingerprint density at radius 1 is 1.12 bits per heavy atom. The minimum absolute atomic E-state index is 0.0601. The topological polar surface area (TPSA) is 57.0 Å². The molecule has 2 aliphatic heterocycles. The van der Waals surface area contributed by atoms with Crippen LogP contribution in [0.2, 0.25) is 0 Å². The molecule has 0 saturated carbocycles. The molecule has 0 unspecified atom stereocenters. The molecule has 4 rings (SSSR count). The fourth-order valence-corrected chi connectivity index (χ4v) is 4.33. The van der Waals surface area contributed by atoms with Crippen LogP contribution in [0.3, 0.4) is 0 Å². The van der Waals surface area contributed by atoms with Gasteiger partial charge in [-0.15, -0.1) is 0 Å². The average Bonchev–Trinajstić information content (AvgIpc) is 2.97. The van der Waals surface area contributed by atoms with Crippen molar-refractivity contribution < 1.29 is 4.79 Å². The summed E-state index contributed by atoms with van der Waals surface area (Å²) in [5, 5.41) is 4.34. The molecule has 2 aromatic heterocycles. The van der Waals surface area contributed by atoms with Crippen molar-refractivity contribution in [3.05, 3.63) is 29.7 Å². The first-order valence-electron chi connectivity index (χ1n) is 9.48. The van der Waals surface area contributed by atoms with Crippen molar-refractivity contribution in [2.75, 3.05) is 46.8 Å². The molecule has 0 aliphatic carbocycles. The van der Waals surface area contributed by atoms with Crippen LogP contribution in [0.15, 0.2) is 18.6 Å². The van der Waals surface area contributed by atoms with E-state index in [1.54, 1.807) is 16.9 Å². The molecule has 26 heavy (non-hydrogen) atoms. The lowest BCUT2D eigenvalue weighted by Gasteiger charge is -2.47. The summed E-state index contributed by atoms with van der Waals surface area (Å²) in [4.78, 5) is 24.7. The van der Waals surface area contributed by atoms with Gasteiger partial charge in [-0.05, 0) is 58.9 Å². The molecule has 0 aromatic carbocycles. The Labute approximate surface area is 154 Å². The second-order valence-corrected chi connectivity index (χ2v) is 7.99. The maximum atomic E-state index is 13.3. The van der Waals surface area contributed by atoms with Crippen molar-refractivity contribution in [3.63, 3.8) is 0 Å². The highest BCUT2D eigenvalue weighted by Gasteiger charge is 2.41. The quantitative estimate of drug-likeness (QED) is 0.770. The number of amides is 1. The Bertz CT molecular complexity index is 807. The minimum atomic E-state index is 0.0601. The molecule has 140 valence electrons. The smallest absolute Gasteiger partial charge is 0.259 e. The normalized spacial score (nSPS) is 22.0. The molecule has 2 saturated heterocycles. The zero-order valence-electron chi connectivity index (χ0n) is 16.0. The van der Waals surface area contributed by atoms with Gasteiger partial charge in [0.1, 0.15) is 5.56 Å². The lowest BCUT2D eigenvalue weighted by Crippen LogP contribution is -2.58. The number of hydrogen-bond acceptors (Lipinski definition) is 5. The van der Waals surface area contributed by atoms with E-state index in [1.807, 2.05) is 18.0 Å². The van der Waals surface area contributed by atoms with Gasteiger partial charge in [0.25, 0.3) is 5.91 Å². The number of fused-ring (bicyclic) bond motifs is 1. The predicted molar refractivity (Wildman–Crippen MR) is 100 cm³/mol. The zero-order chi connectivity index (χ0) is 18.3. The van der Waals surface area contributed by atoms with Crippen LogP contribution in [-0.2, 0) is 0 Å². The van der Waals surface area contributed by atoms with Crippen molar-refractivity contribution in [1.82, 2.24) is 29.3 Å². The fourth-order valence-electron chi connectivity index (χ4n) is 4.33. The molecule has 0 bridgehead atoms. The average molecular weight is 356 g/mol. The molecule has 4 heterocycles. The van der Waals surface area contributed by atoms with Crippen molar-refractivity contribution in [1.29, 1.82) is 0 Å². The number of likely N-dealkylation sites (N-methyl/N-ethyl adjacent to an activating group) is 1. The van der Waals surface area contributed by atoms with Crippen molar-refractivity contribution in [2.24, 2.45) is 0 Å². The van der Waals surface area contributed by atoms with E-state index in [0.29, 0.717) is 11.2 Å². The number of likely N-dealkylation sites (tertiary alicyclic amines) is 1. The van der Waals surface area contributed by atoms with Gasteiger partial charge in [0.2, 0.25) is 0 Å². The van der Waals surface area contributed by atoms with E-state index in [-0.39, 0.29) is 11.4 Å². The molecule has 7 heteroatoms. The molecular formula is C19H28N6O. The first-order chi connectivity index (χ1) is 12.5. The van der Waals surface area contributed by atoms with Gasteiger partial charge in [-0.1, -0.05) is 0 Å². The molecule has 2 fully saturated rings. The van der Waals surface area contributed by atoms with Crippen LogP contribution >= 0.6 is 0 Å². The molecule has 7 nitrogen and oxygen atoms in total. The minimum Gasteiger partial charge on any atom is -0.337 e. The standard InChI is InChI=1S/C19H28N6O/c1-15-11-20-17-16(12-21-25(17)13-15)18(26)24-8-4-7-23(3)19(14-24)5-9-22(2)10-6-19/h11-13H,4-10,14H2,1-3H3. The Balaban J connectivity index is 1.62. The number of carbonyl (C=O) groups is 1. The van der Waals surface area contributed by atoms with Gasteiger partial charge in [0.15, 0.2) is 5.65 Å². The van der Waals surface area contributed by atoms with E-state index < -0.39 is 0 Å². The molecule has 1 amide bonds. The molecule has 0 N–H and O–H groups in total. The van der Waals surface area contributed by atoms with E-state index in [9.17, 15) is 4.79 Å². The number of hydrogen-bond donors (Lipinski definition) is 0. The molecule has 1 spiro atoms. The molecular weight excluding hydrogens is 328 g/mol. The summed E-state index contributed by atoms with van der Waals surface area (Å²) < 4.78 is 1.71. The third-order valence-corrected chi connectivity index (χ3v) is 6.14. The second-order valence-electron chi connectivity index (χ2n) is 7.99. The SMILES string of the molecule is Cc1cnc2c(C(=O)N3CCCN(C)C4(CCN(C)CC4)C3)cnn2c1. The van der Waals surface area contributed by atoms with E-state index >= 15 is 0 Å². The molecule has 0 atom stereocenters. The van der Waals surface area contributed by atoms with Crippen LogP contribution in [0.4, 0.5) is 0 Å². The number of carbonyl (C=O) groups excluding carboxylic acids is 1. The van der Waals surface area contributed by atoms with E-state index in [1.165, 1.54) is 0 Å². The fraction of sp³-hybridized carbons (Fsp3) is 0.632. The summed E-state index contributed by atoms with van der Waals surface area (Å²) in [6, 6.07) is 0. The second kappa shape index (κ2) is 6.63. The van der Waals surface area contributed by atoms with Crippen LogP contribution in [0, 0.1) is 6.92 Å². The van der Waals surface area contributed by atoms with Crippen LogP contribution in [-0.4, -0.2) is 87.6 Å². The van der Waals surface area contributed by atoms with Gasteiger partial charge in [-0.2, -0.15) is 5.10 Å². The van der Waals surface area contributed by atoms with Crippen LogP contribution in [0.25, 0.3) is 5.65 Å². The predicted octanol–water partition coefficient (Wildman–Crippen LogP) is 1.28. The van der Waals surface area contributed by atoms with Crippen molar-refractivity contribution in [3.8, 4) is 0 Å². The number of nitrogens with zero attached hydrogens (tertiary/aromatic N) is 6. The Morgan fingerprint density at radius 3 is 2.65 bits per heavy atom. The first-order valence-corrected chi connectivity index (χ1v) is 9.48. The zero-order valence-corrected chi connectivity index (χ0v) is 16.0. The summed E-state index contributed by atoms with van der Waals surface area (Å²) in [5.74, 6) is 0.0601. The summed E-state index contributed by atoms with van der Waals surface area (Å²) in [5.41, 5.74) is 2.38. The third-order valence-electron chi connectivity index (χ3n) is 6.14. The Morgan fingerprint density at radius 2 is 1.88 bits per heavy atom. The number of rotatable bonds is 1. The monoisotopic (exact) mass is 356 g/mol. The molecule has 0 radical (unpaired) electrons. The summed E-state index contributed by atoms with van der Waals surface area (Å²) in [6.07, 6.45) is 8.59. The van der Waals surface area contributed by atoms with Gasteiger partial charge >= 0.3 is 0 Å². The van der Waals surface area contributed by atoms with E-state index in [0.717, 1.165) is 57.5 Å². The highest BCUT2D eigenvalue weighted by Crippen LogP contribution is 2.31. The number of piperidine rings is 1. The Kier molecular flexibility index (Phi) is 4.44. The highest BCUT2D eigenvalue weighted by molar-refractivity contribution is 5.99. The number of aryl methyl sites for hydroxylation is 1. The largest absolute Gasteiger partial charge is 0.337 e. The molecule has 2 aromatic rings. The highest BCUT2D eigenvalue weighted by atomic mass is 16.2. The van der Waals surface area contributed by atoms with Crippen molar-refractivity contribution >= 4 is 11.6 Å². The lowest BCUT2D eigenvalue weighted by molar-refractivity contribution is 0.0317. The van der Waals surface area contributed by atoms with Gasteiger partial charge < -0.3 is 9.80 Å². The van der Waals surface area contributed by atoms with Gasteiger partial charge in [-0.3, -0.25) is 9.69 Å². The van der Waals surface area contributed by atoms with Crippen LogP contribution < -0.4 is 0 Å². The van der Waals surface area contributed by atoms with Gasteiger partial charge in [-0.25, -0.2) is 9.50 Å². The van der Waals surface area contributed by atoms with E-state index in [2.05, 4.69) is 34.0 Å². The first kappa shape index (κ1) is 17.4. The van der Waals surface area contributed by atoms with Crippen LogP contribution in [0.1, 0.15) is 35.2 Å².